The van der Waals surface area contributed by atoms with Crippen molar-refractivity contribution in [3.63, 3.8) is 0 Å². The Bertz CT molecular complexity index is 189. The fourth-order valence-electron chi connectivity index (χ4n) is 0.887. The van der Waals surface area contributed by atoms with Crippen LogP contribution in [-0.2, 0) is 14.3 Å². The fraction of sp³-hybridized carbons (Fsp3) is 0.778. The molecule has 0 unspecified atom stereocenters. The van der Waals surface area contributed by atoms with Gasteiger partial charge >= 0.3 is 5.97 Å². The second-order valence-electron chi connectivity index (χ2n) is 3.15. The topological polar surface area (TPSA) is 55.4 Å². The van der Waals surface area contributed by atoms with Crippen LogP contribution in [0, 0.1) is 0 Å². The van der Waals surface area contributed by atoms with Crippen molar-refractivity contribution < 1.29 is 14.3 Å². The maximum absolute atomic E-state index is 11.3. The van der Waals surface area contributed by atoms with Crippen molar-refractivity contribution in [2.45, 2.75) is 46.3 Å². The molecule has 0 aromatic carbocycles. The maximum atomic E-state index is 11.3. The number of nitrogens with one attached hydrogen (secondary N) is 1. The summed E-state index contributed by atoms with van der Waals surface area (Å²) in [7, 11) is 0. The number of amides is 1. The smallest absolute Gasteiger partial charge is 0.328 e. The Labute approximate surface area is 78.6 Å². The highest BCUT2D eigenvalue weighted by atomic mass is 16.5. The molecule has 0 bridgehead atoms. The first kappa shape index (κ1) is 11.9. The molecule has 0 saturated heterocycles. The van der Waals surface area contributed by atoms with Crippen molar-refractivity contribution in [2.24, 2.45) is 0 Å². The van der Waals surface area contributed by atoms with Crippen LogP contribution in [0.5, 0.6) is 0 Å². The lowest BCUT2D eigenvalue weighted by atomic mass is 10.2. The van der Waals surface area contributed by atoms with Gasteiger partial charge in [-0.25, -0.2) is 4.79 Å². The summed E-state index contributed by atoms with van der Waals surface area (Å²) >= 11 is 0. The zero-order valence-electron chi connectivity index (χ0n) is 8.59. The van der Waals surface area contributed by atoms with E-state index in [2.05, 4.69) is 5.32 Å². The molecule has 76 valence electrons. The predicted molar refractivity (Wildman–Crippen MR) is 49.1 cm³/mol. The van der Waals surface area contributed by atoms with Crippen LogP contribution in [0.3, 0.4) is 0 Å². The van der Waals surface area contributed by atoms with Gasteiger partial charge in [0.25, 0.3) is 0 Å². The lowest BCUT2D eigenvalue weighted by molar-refractivity contribution is -0.151. The van der Waals surface area contributed by atoms with Gasteiger partial charge in [-0.1, -0.05) is 6.92 Å². The van der Waals surface area contributed by atoms with Crippen molar-refractivity contribution >= 4 is 11.9 Å². The first-order chi connectivity index (χ1) is 5.97. The summed E-state index contributed by atoms with van der Waals surface area (Å²) in [5.74, 6) is -0.583. The van der Waals surface area contributed by atoms with Gasteiger partial charge in [0.2, 0.25) is 5.91 Å². The van der Waals surface area contributed by atoms with Gasteiger partial charge in [-0.2, -0.15) is 0 Å². The Morgan fingerprint density at radius 2 is 1.92 bits per heavy atom. The quantitative estimate of drug-likeness (QED) is 0.664. The highest BCUT2D eigenvalue weighted by Gasteiger charge is 2.19. The molecule has 0 aromatic rings. The largest absolute Gasteiger partial charge is 0.461 e. The molecule has 1 atom stereocenters. The Morgan fingerprint density at radius 3 is 2.23 bits per heavy atom. The van der Waals surface area contributed by atoms with Crippen LogP contribution in [0.1, 0.15) is 34.1 Å². The van der Waals surface area contributed by atoms with Crippen molar-refractivity contribution in [1.82, 2.24) is 5.32 Å². The molecular formula is C9H17NO3. The molecule has 0 heterocycles. The number of hydrogen-bond acceptors (Lipinski definition) is 3. The third kappa shape index (κ3) is 5.22. The molecule has 1 N–H and O–H groups in total. The minimum atomic E-state index is -0.514. The van der Waals surface area contributed by atoms with E-state index in [-0.39, 0.29) is 18.0 Å². The molecule has 4 heteroatoms. The molecule has 13 heavy (non-hydrogen) atoms. The standard InChI is InChI=1S/C9H17NO3/c1-5-8(10-7(4)11)9(12)13-6(2)3/h6,8H,5H2,1-4H3,(H,10,11)/t8-/m1/s1. The zero-order chi connectivity index (χ0) is 10.4. The van der Waals surface area contributed by atoms with Gasteiger partial charge in [0.1, 0.15) is 6.04 Å². The Balaban J connectivity index is 4.07. The lowest BCUT2D eigenvalue weighted by Gasteiger charge is -2.16. The summed E-state index contributed by atoms with van der Waals surface area (Å²) in [4.78, 5) is 22.0. The number of hydrogen-bond donors (Lipinski definition) is 1. The molecule has 0 radical (unpaired) electrons. The fourth-order valence-corrected chi connectivity index (χ4v) is 0.887. The van der Waals surface area contributed by atoms with Gasteiger partial charge in [0.05, 0.1) is 6.10 Å². The van der Waals surface area contributed by atoms with E-state index in [1.165, 1.54) is 6.92 Å². The van der Waals surface area contributed by atoms with Crippen molar-refractivity contribution in [3.05, 3.63) is 0 Å². The maximum Gasteiger partial charge on any atom is 0.328 e. The highest BCUT2D eigenvalue weighted by Crippen LogP contribution is 1.98. The number of ether oxygens (including phenoxy) is 1. The van der Waals surface area contributed by atoms with Gasteiger partial charge in [0.15, 0.2) is 0 Å². The molecule has 1 amide bonds. The van der Waals surface area contributed by atoms with Crippen LogP contribution >= 0.6 is 0 Å². The van der Waals surface area contributed by atoms with Gasteiger partial charge < -0.3 is 10.1 Å². The summed E-state index contributed by atoms with van der Waals surface area (Å²) in [6, 6.07) is -0.514. The van der Waals surface area contributed by atoms with E-state index >= 15 is 0 Å². The predicted octanol–water partition coefficient (Wildman–Crippen LogP) is 0.853. The minimum Gasteiger partial charge on any atom is -0.461 e. The molecule has 0 aliphatic heterocycles. The third-order valence-electron chi connectivity index (χ3n) is 1.42. The normalized spacial score (nSPS) is 12.4. The van der Waals surface area contributed by atoms with E-state index in [0.717, 1.165) is 0 Å². The van der Waals surface area contributed by atoms with E-state index in [0.29, 0.717) is 6.42 Å². The molecule has 0 rings (SSSR count). The van der Waals surface area contributed by atoms with Gasteiger partial charge in [-0.15, -0.1) is 0 Å². The molecule has 0 aliphatic carbocycles. The van der Waals surface area contributed by atoms with Gasteiger partial charge in [-0.05, 0) is 20.3 Å². The summed E-state index contributed by atoms with van der Waals surface area (Å²) in [5.41, 5.74) is 0. The monoisotopic (exact) mass is 187 g/mol. The van der Waals surface area contributed by atoms with Gasteiger partial charge in [-0.3, -0.25) is 4.79 Å². The lowest BCUT2D eigenvalue weighted by Crippen LogP contribution is -2.41. The van der Waals surface area contributed by atoms with E-state index in [4.69, 9.17) is 4.74 Å². The van der Waals surface area contributed by atoms with E-state index in [1.807, 2.05) is 6.92 Å². The van der Waals surface area contributed by atoms with E-state index in [9.17, 15) is 9.59 Å². The Hall–Kier alpha value is -1.06. The second kappa shape index (κ2) is 5.56. The second-order valence-corrected chi connectivity index (χ2v) is 3.15. The van der Waals surface area contributed by atoms with Crippen molar-refractivity contribution in [2.75, 3.05) is 0 Å². The average Bonchev–Trinajstić information content (AvgIpc) is 1.98. The molecule has 0 saturated carbocycles. The van der Waals surface area contributed by atoms with Gasteiger partial charge in [0, 0.05) is 6.92 Å². The van der Waals surface area contributed by atoms with Crippen molar-refractivity contribution in [1.29, 1.82) is 0 Å². The van der Waals surface area contributed by atoms with Crippen LogP contribution in [0.25, 0.3) is 0 Å². The Kier molecular flexibility index (Phi) is 5.11. The number of carbonyl (C=O) groups is 2. The molecule has 0 aliphatic rings. The number of rotatable bonds is 4. The van der Waals surface area contributed by atoms with E-state index in [1.54, 1.807) is 13.8 Å². The van der Waals surface area contributed by atoms with Crippen LogP contribution in [0.2, 0.25) is 0 Å². The summed E-state index contributed by atoms with van der Waals surface area (Å²) in [6.45, 7) is 6.75. The molecule has 0 fully saturated rings. The molecule has 4 nitrogen and oxygen atoms in total. The van der Waals surface area contributed by atoms with Crippen LogP contribution in [-0.4, -0.2) is 24.0 Å². The minimum absolute atomic E-state index is 0.143. The molecular weight excluding hydrogens is 170 g/mol. The first-order valence-corrected chi connectivity index (χ1v) is 4.45. The van der Waals surface area contributed by atoms with Crippen LogP contribution in [0.4, 0.5) is 0 Å². The number of esters is 1. The summed E-state index contributed by atoms with van der Waals surface area (Å²) in [5, 5.41) is 2.52. The van der Waals surface area contributed by atoms with Crippen LogP contribution < -0.4 is 5.32 Å². The Morgan fingerprint density at radius 1 is 1.38 bits per heavy atom. The molecule has 0 aromatic heterocycles. The van der Waals surface area contributed by atoms with Crippen LogP contribution in [0.15, 0.2) is 0 Å². The van der Waals surface area contributed by atoms with Crippen molar-refractivity contribution in [3.8, 4) is 0 Å². The summed E-state index contributed by atoms with van der Waals surface area (Å²) in [6.07, 6.45) is 0.404. The third-order valence-corrected chi connectivity index (χ3v) is 1.42. The average molecular weight is 187 g/mol. The zero-order valence-corrected chi connectivity index (χ0v) is 8.59. The first-order valence-electron chi connectivity index (χ1n) is 4.45. The SMILES string of the molecule is CC[C@@H](NC(C)=O)C(=O)OC(C)C. The highest BCUT2D eigenvalue weighted by molar-refractivity contribution is 5.83. The molecule has 0 spiro atoms. The summed E-state index contributed by atoms with van der Waals surface area (Å²) < 4.78 is 4.95. The van der Waals surface area contributed by atoms with E-state index < -0.39 is 6.04 Å². The number of carbonyl (C=O) groups excluding carboxylic acids is 2.